The number of carboxylic acids is 1. The van der Waals surface area contributed by atoms with E-state index in [0.29, 0.717) is 23.1 Å². The van der Waals surface area contributed by atoms with Crippen LogP contribution in [0, 0.1) is 12.8 Å². The normalized spacial score (nSPS) is 26.8. The Morgan fingerprint density at radius 1 is 1.33 bits per heavy atom. The Bertz CT molecular complexity index is 697. The van der Waals surface area contributed by atoms with E-state index in [2.05, 4.69) is 5.10 Å². The summed E-state index contributed by atoms with van der Waals surface area (Å²) in [6.07, 6.45) is 7.71. The Labute approximate surface area is 146 Å². The molecule has 0 spiro atoms. The number of carbonyl (C=O) groups excluding carboxylic acids is 1. The van der Waals surface area contributed by atoms with Crippen LogP contribution in [0.25, 0.3) is 6.08 Å². The number of aromatic nitrogens is 2. The molecule has 130 valence electrons. The lowest BCUT2D eigenvalue weighted by atomic mass is 9.85. The highest BCUT2D eigenvalue weighted by Crippen LogP contribution is 2.40. The number of fused-ring (bicyclic) bond motifs is 1. The van der Waals surface area contributed by atoms with Crippen molar-refractivity contribution in [2.45, 2.75) is 51.1 Å². The molecule has 1 aliphatic heterocycles. The highest BCUT2D eigenvalue weighted by Gasteiger charge is 2.46. The van der Waals surface area contributed by atoms with Gasteiger partial charge in [0.1, 0.15) is 11.2 Å². The summed E-state index contributed by atoms with van der Waals surface area (Å²) in [4.78, 5) is 25.9. The number of amides is 1. The highest BCUT2D eigenvalue weighted by molar-refractivity contribution is 6.31. The molecule has 3 rings (SSSR count). The topological polar surface area (TPSA) is 75.4 Å². The minimum Gasteiger partial charge on any atom is -0.480 e. The van der Waals surface area contributed by atoms with Gasteiger partial charge in [0, 0.05) is 24.7 Å². The van der Waals surface area contributed by atoms with Gasteiger partial charge in [0.15, 0.2) is 0 Å². The maximum Gasteiger partial charge on any atom is 0.326 e. The van der Waals surface area contributed by atoms with Gasteiger partial charge in [-0.15, -0.1) is 0 Å². The van der Waals surface area contributed by atoms with Gasteiger partial charge in [0.2, 0.25) is 5.91 Å². The molecule has 0 aromatic carbocycles. The van der Waals surface area contributed by atoms with Crippen LogP contribution in [0.1, 0.15) is 43.4 Å². The molecule has 1 saturated heterocycles. The van der Waals surface area contributed by atoms with Gasteiger partial charge in [-0.25, -0.2) is 4.79 Å². The van der Waals surface area contributed by atoms with Crippen LogP contribution in [0.3, 0.4) is 0 Å². The first-order chi connectivity index (χ1) is 11.4. The van der Waals surface area contributed by atoms with Gasteiger partial charge in [-0.3, -0.25) is 9.48 Å². The second kappa shape index (κ2) is 6.59. The number of aryl methyl sites for hydroxylation is 2. The van der Waals surface area contributed by atoms with E-state index in [0.717, 1.165) is 31.4 Å². The minimum absolute atomic E-state index is 0.0440. The van der Waals surface area contributed by atoms with Crippen LogP contribution in [0.2, 0.25) is 5.15 Å². The van der Waals surface area contributed by atoms with Crippen molar-refractivity contribution in [2.75, 3.05) is 0 Å². The number of likely N-dealkylation sites (tertiary alicyclic amines) is 1. The summed E-state index contributed by atoms with van der Waals surface area (Å²) in [7, 11) is 1.74. The molecular weight excluding hydrogens is 330 g/mol. The number of hydrogen-bond donors (Lipinski definition) is 1. The number of aliphatic carboxylic acids is 1. The maximum atomic E-state index is 12.7. The third kappa shape index (κ3) is 2.95. The Kier molecular flexibility index (Phi) is 4.67. The lowest BCUT2D eigenvalue weighted by Crippen LogP contribution is -2.45. The van der Waals surface area contributed by atoms with Gasteiger partial charge in [0.05, 0.1) is 5.69 Å². The number of nitrogens with zero attached hydrogens (tertiary/aromatic N) is 3. The van der Waals surface area contributed by atoms with Crippen LogP contribution in [-0.4, -0.2) is 43.7 Å². The molecule has 3 unspecified atom stereocenters. The van der Waals surface area contributed by atoms with Crippen LogP contribution < -0.4 is 0 Å². The molecule has 1 N–H and O–H groups in total. The van der Waals surface area contributed by atoms with Crippen molar-refractivity contribution < 1.29 is 14.7 Å². The molecule has 7 heteroatoms. The molecule has 0 bridgehead atoms. The quantitative estimate of drug-likeness (QED) is 0.849. The van der Waals surface area contributed by atoms with Gasteiger partial charge >= 0.3 is 5.97 Å². The third-order valence-corrected chi connectivity index (χ3v) is 5.66. The largest absolute Gasteiger partial charge is 0.480 e. The molecule has 6 nitrogen and oxygen atoms in total. The zero-order chi connectivity index (χ0) is 17.4. The number of halogens is 1. The average molecular weight is 352 g/mol. The summed E-state index contributed by atoms with van der Waals surface area (Å²) < 4.78 is 1.55. The molecule has 1 amide bonds. The van der Waals surface area contributed by atoms with Crippen molar-refractivity contribution >= 4 is 29.6 Å². The smallest absolute Gasteiger partial charge is 0.326 e. The second-order valence-electron chi connectivity index (χ2n) is 6.69. The molecule has 1 saturated carbocycles. The van der Waals surface area contributed by atoms with Crippen LogP contribution in [0.5, 0.6) is 0 Å². The van der Waals surface area contributed by atoms with Gasteiger partial charge in [0.25, 0.3) is 0 Å². The van der Waals surface area contributed by atoms with E-state index in [1.165, 1.54) is 6.08 Å². The lowest BCUT2D eigenvalue weighted by Gasteiger charge is -2.32. The van der Waals surface area contributed by atoms with E-state index in [-0.39, 0.29) is 11.9 Å². The molecule has 2 heterocycles. The summed E-state index contributed by atoms with van der Waals surface area (Å²) >= 11 is 6.18. The number of carboxylic acid groups (broad SMARTS) is 1. The van der Waals surface area contributed by atoms with Crippen molar-refractivity contribution in [3.63, 3.8) is 0 Å². The Morgan fingerprint density at radius 3 is 2.67 bits per heavy atom. The maximum absolute atomic E-state index is 12.7. The number of rotatable bonds is 3. The number of carbonyl (C=O) groups is 2. The van der Waals surface area contributed by atoms with Gasteiger partial charge < -0.3 is 10.0 Å². The first-order valence-electron chi connectivity index (χ1n) is 8.32. The second-order valence-corrected chi connectivity index (χ2v) is 7.05. The molecular formula is C17H22ClN3O3. The molecule has 2 aliphatic rings. The molecule has 0 radical (unpaired) electrons. The summed E-state index contributed by atoms with van der Waals surface area (Å²) in [5, 5.41) is 14.2. The fraction of sp³-hybridized carbons (Fsp3) is 0.588. The minimum atomic E-state index is -0.915. The van der Waals surface area contributed by atoms with E-state index >= 15 is 0 Å². The van der Waals surface area contributed by atoms with E-state index in [1.807, 2.05) is 6.92 Å². The predicted molar refractivity (Wildman–Crippen MR) is 90.6 cm³/mol. The Hall–Kier alpha value is -1.82. The van der Waals surface area contributed by atoms with Gasteiger partial charge in [-0.2, -0.15) is 5.10 Å². The third-order valence-electron chi connectivity index (χ3n) is 5.22. The van der Waals surface area contributed by atoms with Gasteiger partial charge in [-0.05, 0) is 38.2 Å². The predicted octanol–water partition coefficient (Wildman–Crippen LogP) is 2.64. The lowest BCUT2D eigenvalue weighted by molar-refractivity contribution is -0.147. The Morgan fingerprint density at radius 2 is 2.04 bits per heavy atom. The fourth-order valence-electron chi connectivity index (χ4n) is 4.07. The van der Waals surface area contributed by atoms with Gasteiger partial charge in [-0.1, -0.05) is 24.4 Å². The van der Waals surface area contributed by atoms with Crippen LogP contribution >= 0.6 is 11.6 Å². The van der Waals surface area contributed by atoms with Crippen molar-refractivity contribution in [3.8, 4) is 0 Å². The van der Waals surface area contributed by atoms with E-state index < -0.39 is 12.0 Å². The van der Waals surface area contributed by atoms with Crippen LogP contribution in [0.15, 0.2) is 6.08 Å². The molecule has 24 heavy (non-hydrogen) atoms. The monoisotopic (exact) mass is 351 g/mol. The SMILES string of the molecule is Cc1nn(C)c(Cl)c1/C=C/C(=O)N1C(C(=O)O)CC2CCCCC21. The summed E-state index contributed by atoms with van der Waals surface area (Å²) in [5.41, 5.74) is 1.43. The highest BCUT2D eigenvalue weighted by atomic mass is 35.5. The zero-order valence-electron chi connectivity index (χ0n) is 13.9. The van der Waals surface area contributed by atoms with E-state index in [4.69, 9.17) is 11.6 Å². The molecule has 3 atom stereocenters. The summed E-state index contributed by atoms with van der Waals surface area (Å²) in [6, 6.07) is -0.678. The van der Waals surface area contributed by atoms with Crippen molar-refractivity contribution in [1.82, 2.24) is 14.7 Å². The van der Waals surface area contributed by atoms with E-state index in [9.17, 15) is 14.7 Å². The summed E-state index contributed by atoms with van der Waals surface area (Å²) in [6.45, 7) is 1.82. The standard InChI is InChI=1S/C17H22ClN3O3/c1-10-12(16(18)20(2)19-10)7-8-15(22)21-13-6-4-3-5-11(13)9-14(21)17(23)24/h7-8,11,13-14H,3-6,9H2,1-2H3,(H,23,24)/b8-7+. The Balaban J connectivity index is 1.84. The van der Waals surface area contributed by atoms with E-state index in [1.54, 1.807) is 22.7 Å². The summed E-state index contributed by atoms with van der Waals surface area (Å²) in [5.74, 6) is -0.862. The van der Waals surface area contributed by atoms with Crippen LogP contribution in [0.4, 0.5) is 0 Å². The van der Waals surface area contributed by atoms with Crippen molar-refractivity contribution in [3.05, 3.63) is 22.5 Å². The van der Waals surface area contributed by atoms with Crippen molar-refractivity contribution in [2.24, 2.45) is 13.0 Å². The average Bonchev–Trinajstić information content (AvgIpc) is 3.04. The molecule has 1 aliphatic carbocycles. The fourth-order valence-corrected chi connectivity index (χ4v) is 4.31. The first kappa shape index (κ1) is 17.0. The van der Waals surface area contributed by atoms with Crippen LogP contribution in [-0.2, 0) is 16.6 Å². The zero-order valence-corrected chi connectivity index (χ0v) is 14.7. The molecule has 2 fully saturated rings. The number of hydrogen-bond acceptors (Lipinski definition) is 3. The van der Waals surface area contributed by atoms with Crippen molar-refractivity contribution in [1.29, 1.82) is 0 Å². The first-order valence-corrected chi connectivity index (χ1v) is 8.70. The molecule has 1 aromatic rings. The molecule has 1 aromatic heterocycles.